The molecule has 0 aromatic heterocycles. The number of nitrogens with one attached hydrogen (secondary N) is 1. The maximum absolute atomic E-state index is 12.1. The third-order valence-corrected chi connectivity index (χ3v) is 3.99. The summed E-state index contributed by atoms with van der Waals surface area (Å²) in [7, 11) is 0. The Kier molecular flexibility index (Phi) is 4.57. The monoisotopic (exact) mass is 292 g/mol. The Morgan fingerprint density at radius 3 is 2.90 bits per heavy atom. The van der Waals surface area contributed by atoms with Crippen LogP contribution < -0.4 is 5.32 Å². The molecule has 6 nitrogen and oxygen atoms in total. The third-order valence-electron chi connectivity index (χ3n) is 3.99. The zero-order valence-electron chi connectivity index (χ0n) is 12.0. The van der Waals surface area contributed by atoms with E-state index >= 15 is 0 Å². The van der Waals surface area contributed by atoms with Gasteiger partial charge in [-0.25, -0.2) is 0 Å². The summed E-state index contributed by atoms with van der Waals surface area (Å²) in [5.74, 6) is -0.0966. The lowest BCUT2D eigenvalue weighted by Gasteiger charge is -2.35. The van der Waals surface area contributed by atoms with Crippen LogP contribution in [0.4, 0.5) is 5.69 Å². The van der Waals surface area contributed by atoms with Gasteiger partial charge >= 0.3 is 0 Å². The number of hydrogen-bond acceptors (Lipinski definition) is 4. The molecule has 2 rings (SSSR count). The van der Waals surface area contributed by atoms with Crippen molar-refractivity contribution >= 4 is 11.6 Å². The third kappa shape index (κ3) is 3.78. The smallest absolute Gasteiger partial charge is 0.282 e. The van der Waals surface area contributed by atoms with Crippen LogP contribution in [0, 0.1) is 16.0 Å². The molecular formula is C15H20N2O4. The van der Waals surface area contributed by atoms with Gasteiger partial charge in [-0.2, -0.15) is 0 Å². The van der Waals surface area contributed by atoms with Crippen molar-refractivity contribution in [3.05, 3.63) is 39.9 Å². The van der Waals surface area contributed by atoms with Crippen LogP contribution >= 0.6 is 0 Å². The van der Waals surface area contributed by atoms with Gasteiger partial charge in [-0.15, -0.1) is 0 Å². The molecular weight excluding hydrogens is 272 g/mol. The molecule has 2 atom stereocenters. The highest BCUT2D eigenvalue weighted by Gasteiger charge is 2.33. The van der Waals surface area contributed by atoms with Crippen molar-refractivity contribution in [2.75, 3.05) is 6.54 Å². The highest BCUT2D eigenvalue weighted by atomic mass is 16.6. The summed E-state index contributed by atoms with van der Waals surface area (Å²) >= 11 is 0. The maximum Gasteiger partial charge on any atom is 0.282 e. The molecule has 1 saturated carbocycles. The molecule has 0 aliphatic heterocycles. The SMILES string of the molecule is CC1CCCC(O)(CNC(=O)c2ccccc2[N+](=O)[O-])C1. The topological polar surface area (TPSA) is 92.5 Å². The van der Waals surface area contributed by atoms with Crippen LogP contribution in [0.3, 0.4) is 0 Å². The number of para-hydroxylation sites is 1. The van der Waals surface area contributed by atoms with Gasteiger partial charge in [-0.1, -0.05) is 31.9 Å². The van der Waals surface area contributed by atoms with Crippen molar-refractivity contribution < 1.29 is 14.8 Å². The summed E-state index contributed by atoms with van der Waals surface area (Å²) in [5, 5.41) is 24.0. The lowest BCUT2D eigenvalue weighted by atomic mass is 9.79. The number of rotatable bonds is 4. The summed E-state index contributed by atoms with van der Waals surface area (Å²) in [6.45, 7) is 2.20. The second-order valence-corrected chi connectivity index (χ2v) is 5.88. The summed E-state index contributed by atoms with van der Waals surface area (Å²) < 4.78 is 0. The molecule has 21 heavy (non-hydrogen) atoms. The molecule has 1 aliphatic rings. The van der Waals surface area contributed by atoms with Gasteiger partial charge in [-0.3, -0.25) is 14.9 Å². The van der Waals surface area contributed by atoms with E-state index in [-0.39, 0.29) is 17.8 Å². The van der Waals surface area contributed by atoms with Gasteiger partial charge in [-0.05, 0) is 24.8 Å². The van der Waals surface area contributed by atoms with Gasteiger partial charge in [0.1, 0.15) is 5.56 Å². The quantitative estimate of drug-likeness (QED) is 0.657. The van der Waals surface area contributed by atoms with Crippen LogP contribution in [-0.2, 0) is 0 Å². The molecule has 2 unspecified atom stereocenters. The van der Waals surface area contributed by atoms with Crippen molar-refractivity contribution in [3.63, 3.8) is 0 Å². The van der Waals surface area contributed by atoms with Gasteiger partial charge in [0.2, 0.25) is 0 Å². The molecule has 0 radical (unpaired) electrons. The number of nitrogens with zero attached hydrogens (tertiary/aromatic N) is 1. The minimum absolute atomic E-state index is 0.0231. The predicted octanol–water partition coefficient (Wildman–Crippen LogP) is 2.27. The fourth-order valence-corrected chi connectivity index (χ4v) is 2.96. The molecule has 1 amide bonds. The molecule has 0 spiro atoms. The standard InChI is InChI=1S/C15H20N2O4/c1-11-5-4-8-15(19,9-11)10-16-14(18)12-6-2-3-7-13(12)17(20)21/h2-3,6-7,11,19H,4-5,8-10H2,1H3,(H,16,18). The minimum atomic E-state index is -0.906. The fourth-order valence-electron chi connectivity index (χ4n) is 2.96. The average Bonchev–Trinajstić information content (AvgIpc) is 2.44. The summed E-state index contributed by atoms with van der Waals surface area (Å²) in [6, 6.07) is 5.82. The van der Waals surface area contributed by atoms with E-state index in [0.717, 1.165) is 12.8 Å². The zero-order chi connectivity index (χ0) is 15.5. The van der Waals surface area contributed by atoms with Gasteiger partial charge < -0.3 is 10.4 Å². The molecule has 0 bridgehead atoms. The van der Waals surface area contributed by atoms with E-state index in [1.54, 1.807) is 6.07 Å². The first-order chi connectivity index (χ1) is 9.91. The first kappa shape index (κ1) is 15.4. The Labute approximate surface area is 123 Å². The molecule has 6 heteroatoms. The molecule has 1 fully saturated rings. The number of aliphatic hydroxyl groups is 1. The Bertz CT molecular complexity index is 546. The van der Waals surface area contributed by atoms with Crippen molar-refractivity contribution in [1.82, 2.24) is 5.32 Å². The number of carbonyl (C=O) groups is 1. The molecule has 1 aliphatic carbocycles. The Hall–Kier alpha value is -1.95. The van der Waals surface area contributed by atoms with E-state index in [0.29, 0.717) is 18.8 Å². The highest BCUT2D eigenvalue weighted by Crippen LogP contribution is 2.31. The molecule has 1 aromatic carbocycles. The van der Waals surface area contributed by atoms with Crippen LogP contribution in [0.5, 0.6) is 0 Å². The van der Waals surface area contributed by atoms with E-state index in [1.165, 1.54) is 18.2 Å². The Morgan fingerprint density at radius 2 is 2.24 bits per heavy atom. The second-order valence-electron chi connectivity index (χ2n) is 5.88. The van der Waals surface area contributed by atoms with E-state index in [9.17, 15) is 20.0 Å². The number of carbonyl (C=O) groups excluding carboxylic acids is 1. The van der Waals surface area contributed by atoms with Crippen LogP contribution in [-0.4, -0.2) is 28.1 Å². The normalized spacial score (nSPS) is 25.3. The molecule has 2 N–H and O–H groups in total. The van der Waals surface area contributed by atoms with Gasteiger partial charge in [0.15, 0.2) is 0 Å². The number of nitro benzene ring substituents is 1. The van der Waals surface area contributed by atoms with Gasteiger partial charge in [0.25, 0.3) is 11.6 Å². The van der Waals surface area contributed by atoms with Gasteiger partial charge in [0.05, 0.1) is 10.5 Å². The van der Waals surface area contributed by atoms with Crippen molar-refractivity contribution in [2.24, 2.45) is 5.92 Å². The first-order valence-corrected chi connectivity index (χ1v) is 7.15. The second kappa shape index (κ2) is 6.22. The number of benzene rings is 1. The van der Waals surface area contributed by atoms with Crippen molar-refractivity contribution in [2.45, 2.75) is 38.2 Å². The minimum Gasteiger partial charge on any atom is -0.388 e. The lowest BCUT2D eigenvalue weighted by molar-refractivity contribution is -0.385. The molecule has 114 valence electrons. The predicted molar refractivity (Wildman–Crippen MR) is 78.0 cm³/mol. The van der Waals surface area contributed by atoms with Crippen LogP contribution in [0.25, 0.3) is 0 Å². The fraction of sp³-hybridized carbons (Fsp3) is 0.533. The van der Waals surface area contributed by atoms with E-state index in [4.69, 9.17) is 0 Å². The Balaban J connectivity index is 2.04. The lowest BCUT2D eigenvalue weighted by Crippen LogP contribution is -2.45. The van der Waals surface area contributed by atoms with Gasteiger partial charge in [0, 0.05) is 12.6 Å². The molecule has 0 saturated heterocycles. The van der Waals surface area contributed by atoms with Crippen molar-refractivity contribution in [1.29, 1.82) is 0 Å². The summed E-state index contributed by atoms with van der Waals surface area (Å²) in [5.41, 5.74) is -1.11. The largest absolute Gasteiger partial charge is 0.388 e. The number of nitro groups is 1. The number of amides is 1. The van der Waals surface area contributed by atoms with Crippen LogP contribution in [0.2, 0.25) is 0 Å². The van der Waals surface area contributed by atoms with E-state index < -0.39 is 16.4 Å². The van der Waals surface area contributed by atoms with Crippen molar-refractivity contribution in [3.8, 4) is 0 Å². The zero-order valence-corrected chi connectivity index (χ0v) is 12.0. The molecule has 0 heterocycles. The highest BCUT2D eigenvalue weighted by molar-refractivity contribution is 5.98. The maximum atomic E-state index is 12.1. The summed E-state index contributed by atoms with van der Waals surface area (Å²) in [4.78, 5) is 22.4. The first-order valence-electron chi connectivity index (χ1n) is 7.15. The van der Waals surface area contributed by atoms with Crippen LogP contribution in [0.15, 0.2) is 24.3 Å². The Morgan fingerprint density at radius 1 is 1.52 bits per heavy atom. The van der Waals surface area contributed by atoms with E-state index in [1.807, 2.05) is 0 Å². The number of hydrogen-bond donors (Lipinski definition) is 2. The van der Waals surface area contributed by atoms with Crippen LogP contribution in [0.1, 0.15) is 43.0 Å². The molecule has 1 aromatic rings. The summed E-state index contributed by atoms with van der Waals surface area (Å²) in [6.07, 6.45) is 3.30. The van der Waals surface area contributed by atoms with E-state index in [2.05, 4.69) is 12.2 Å². The average molecular weight is 292 g/mol.